The van der Waals surface area contributed by atoms with Crippen LogP contribution in [0.4, 0.5) is 0 Å². The summed E-state index contributed by atoms with van der Waals surface area (Å²) in [4.78, 5) is 20.4. The quantitative estimate of drug-likeness (QED) is 0.774. The number of nitrogens with zero attached hydrogens (tertiary/aromatic N) is 1. The van der Waals surface area contributed by atoms with Crippen LogP contribution in [0.2, 0.25) is 0 Å². The van der Waals surface area contributed by atoms with E-state index in [0.717, 1.165) is 21.0 Å². The molecule has 0 aliphatic rings. The molecule has 0 aliphatic carbocycles. The first-order valence-corrected chi connectivity index (χ1v) is 6.57. The highest BCUT2D eigenvalue weighted by Crippen LogP contribution is 2.36. The first-order chi connectivity index (χ1) is 8.28. The molecular formula is C11H8N2O2S2. The molecule has 0 bridgehead atoms. The van der Waals surface area contributed by atoms with E-state index in [1.165, 1.54) is 17.7 Å². The number of aromatic amines is 1. The molecule has 0 saturated heterocycles. The van der Waals surface area contributed by atoms with Crippen molar-refractivity contribution in [2.45, 2.75) is 0 Å². The molecule has 6 heteroatoms. The van der Waals surface area contributed by atoms with Crippen LogP contribution in [0.25, 0.3) is 20.0 Å². The van der Waals surface area contributed by atoms with Gasteiger partial charge < -0.3 is 9.72 Å². The van der Waals surface area contributed by atoms with E-state index < -0.39 is 0 Å². The Balaban J connectivity index is 2.18. The lowest BCUT2D eigenvalue weighted by molar-refractivity contribution is 0.417. The van der Waals surface area contributed by atoms with Gasteiger partial charge in [0.25, 0.3) is 5.56 Å². The Bertz CT molecular complexity index is 726. The van der Waals surface area contributed by atoms with E-state index in [9.17, 15) is 4.79 Å². The highest BCUT2D eigenvalue weighted by atomic mass is 32.1. The number of aromatic nitrogens is 2. The zero-order chi connectivity index (χ0) is 11.8. The monoisotopic (exact) mass is 264 g/mol. The Labute approximate surface area is 105 Å². The minimum Gasteiger partial charge on any atom is -0.496 e. The Morgan fingerprint density at radius 1 is 1.35 bits per heavy atom. The summed E-state index contributed by atoms with van der Waals surface area (Å²) in [5.41, 5.74) is 0.649. The maximum absolute atomic E-state index is 11.6. The minimum absolute atomic E-state index is 0.0882. The highest BCUT2D eigenvalue weighted by Gasteiger charge is 2.10. The van der Waals surface area contributed by atoms with Crippen LogP contribution in [0.5, 0.6) is 5.75 Å². The molecule has 3 heterocycles. The van der Waals surface area contributed by atoms with Crippen LogP contribution < -0.4 is 10.3 Å². The normalized spacial score (nSPS) is 10.9. The van der Waals surface area contributed by atoms with Gasteiger partial charge in [0.15, 0.2) is 0 Å². The molecular weight excluding hydrogens is 256 g/mol. The second-order valence-corrected chi connectivity index (χ2v) is 5.37. The second kappa shape index (κ2) is 3.97. The third-order valence-electron chi connectivity index (χ3n) is 2.37. The van der Waals surface area contributed by atoms with Crippen molar-refractivity contribution in [1.82, 2.24) is 9.97 Å². The fourth-order valence-corrected chi connectivity index (χ4v) is 3.50. The molecule has 3 aromatic rings. The van der Waals surface area contributed by atoms with Gasteiger partial charge in [0.2, 0.25) is 0 Å². The first kappa shape index (κ1) is 10.5. The smallest absolute Gasteiger partial charge is 0.268 e. The van der Waals surface area contributed by atoms with Crippen LogP contribution in [0.3, 0.4) is 0 Å². The van der Waals surface area contributed by atoms with Gasteiger partial charge in [-0.15, -0.1) is 22.7 Å². The number of hydrogen-bond acceptors (Lipinski definition) is 5. The number of H-pyrrole nitrogens is 1. The van der Waals surface area contributed by atoms with Gasteiger partial charge in [-0.2, -0.15) is 0 Å². The molecule has 4 nitrogen and oxygen atoms in total. The largest absolute Gasteiger partial charge is 0.496 e. The summed E-state index contributed by atoms with van der Waals surface area (Å²) in [6.07, 6.45) is 1.43. The van der Waals surface area contributed by atoms with E-state index in [2.05, 4.69) is 9.97 Å². The van der Waals surface area contributed by atoms with E-state index in [0.29, 0.717) is 4.70 Å². The molecule has 0 atom stereocenters. The molecule has 0 radical (unpaired) electrons. The summed E-state index contributed by atoms with van der Waals surface area (Å²) in [5, 5.41) is 1.94. The second-order valence-electron chi connectivity index (χ2n) is 3.41. The van der Waals surface area contributed by atoms with Gasteiger partial charge in [-0.25, -0.2) is 4.98 Å². The summed E-state index contributed by atoms with van der Waals surface area (Å²) in [6, 6.07) is 3.89. The third kappa shape index (κ3) is 1.75. The van der Waals surface area contributed by atoms with E-state index in [4.69, 9.17) is 4.74 Å². The summed E-state index contributed by atoms with van der Waals surface area (Å²) >= 11 is 3.04. The summed E-state index contributed by atoms with van der Waals surface area (Å²) in [5.74, 6) is 0.837. The average molecular weight is 264 g/mol. The molecule has 0 aliphatic heterocycles. The van der Waals surface area contributed by atoms with E-state index in [-0.39, 0.29) is 5.56 Å². The Hall–Kier alpha value is -1.66. The van der Waals surface area contributed by atoms with Gasteiger partial charge in [0, 0.05) is 15.1 Å². The van der Waals surface area contributed by atoms with E-state index >= 15 is 0 Å². The molecule has 0 spiro atoms. The van der Waals surface area contributed by atoms with Crippen LogP contribution in [-0.2, 0) is 0 Å². The number of fused-ring (bicyclic) bond motifs is 1. The van der Waals surface area contributed by atoms with E-state index in [1.54, 1.807) is 18.4 Å². The molecule has 3 rings (SSSR count). The lowest BCUT2D eigenvalue weighted by atomic mass is 10.3. The van der Waals surface area contributed by atoms with E-state index in [1.807, 2.05) is 17.5 Å². The van der Waals surface area contributed by atoms with Crippen LogP contribution in [-0.4, -0.2) is 17.1 Å². The van der Waals surface area contributed by atoms with Gasteiger partial charge in [-0.1, -0.05) is 0 Å². The van der Waals surface area contributed by atoms with Gasteiger partial charge in [0.1, 0.15) is 10.4 Å². The van der Waals surface area contributed by atoms with Gasteiger partial charge in [-0.05, 0) is 12.1 Å². The van der Waals surface area contributed by atoms with Crippen molar-refractivity contribution in [3.8, 4) is 15.5 Å². The zero-order valence-electron chi connectivity index (χ0n) is 8.89. The molecule has 1 N–H and O–H groups in total. The predicted octanol–water partition coefficient (Wildman–Crippen LogP) is 2.72. The van der Waals surface area contributed by atoms with Crippen molar-refractivity contribution in [2.75, 3.05) is 7.11 Å². The summed E-state index contributed by atoms with van der Waals surface area (Å²) < 4.78 is 5.81. The van der Waals surface area contributed by atoms with Crippen molar-refractivity contribution in [1.29, 1.82) is 0 Å². The molecule has 0 amide bonds. The van der Waals surface area contributed by atoms with Crippen molar-refractivity contribution in [2.24, 2.45) is 0 Å². The minimum atomic E-state index is -0.0882. The van der Waals surface area contributed by atoms with Crippen molar-refractivity contribution in [3.05, 3.63) is 34.2 Å². The fourth-order valence-electron chi connectivity index (χ4n) is 1.54. The summed E-state index contributed by atoms with van der Waals surface area (Å²) in [6.45, 7) is 0. The SMILES string of the molecule is COc1csc(-c2cc3nc[nH]c(=O)c3s2)c1. The Morgan fingerprint density at radius 2 is 2.24 bits per heavy atom. The summed E-state index contributed by atoms with van der Waals surface area (Å²) in [7, 11) is 1.64. The van der Waals surface area contributed by atoms with Crippen molar-refractivity contribution < 1.29 is 4.74 Å². The van der Waals surface area contributed by atoms with Gasteiger partial charge >= 0.3 is 0 Å². The Kier molecular flexibility index (Phi) is 2.45. The maximum atomic E-state index is 11.6. The highest BCUT2D eigenvalue weighted by molar-refractivity contribution is 7.25. The molecule has 3 aromatic heterocycles. The van der Waals surface area contributed by atoms with Crippen LogP contribution in [0.15, 0.2) is 28.6 Å². The standard InChI is InChI=1S/C11H8N2O2S2/c1-15-6-2-8(16-4-6)9-3-7-10(17-9)11(14)13-5-12-7/h2-5H,1H3,(H,12,13,14). The molecule has 17 heavy (non-hydrogen) atoms. The molecule has 0 saturated carbocycles. The van der Waals surface area contributed by atoms with Gasteiger partial charge in [0.05, 0.1) is 19.0 Å². The number of hydrogen-bond donors (Lipinski definition) is 1. The molecule has 0 unspecified atom stereocenters. The maximum Gasteiger partial charge on any atom is 0.268 e. The Morgan fingerprint density at radius 3 is 2.94 bits per heavy atom. The third-order valence-corrected chi connectivity index (χ3v) is 4.60. The zero-order valence-corrected chi connectivity index (χ0v) is 10.5. The van der Waals surface area contributed by atoms with Gasteiger partial charge in [-0.3, -0.25) is 4.79 Å². The number of nitrogens with one attached hydrogen (secondary N) is 1. The van der Waals surface area contributed by atoms with Crippen LogP contribution in [0, 0.1) is 0 Å². The lowest BCUT2D eigenvalue weighted by Crippen LogP contribution is -2.02. The molecule has 0 fully saturated rings. The molecule has 0 aromatic carbocycles. The van der Waals surface area contributed by atoms with Crippen molar-refractivity contribution in [3.63, 3.8) is 0 Å². The average Bonchev–Trinajstić information content (AvgIpc) is 2.95. The van der Waals surface area contributed by atoms with Crippen molar-refractivity contribution >= 4 is 32.9 Å². The number of methoxy groups -OCH3 is 1. The topological polar surface area (TPSA) is 55.0 Å². The predicted molar refractivity (Wildman–Crippen MR) is 70.1 cm³/mol. The number of ether oxygens (including phenoxy) is 1. The van der Waals surface area contributed by atoms with Crippen LogP contribution >= 0.6 is 22.7 Å². The fraction of sp³-hybridized carbons (Fsp3) is 0.0909. The van der Waals surface area contributed by atoms with Crippen LogP contribution in [0.1, 0.15) is 0 Å². The molecule has 86 valence electrons. The number of thiophene rings is 2. The number of rotatable bonds is 2. The lowest BCUT2D eigenvalue weighted by Gasteiger charge is -1.89. The first-order valence-electron chi connectivity index (χ1n) is 4.88.